The summed E-state index contributed by atoms with van der Waals surface area (Å²) in [5, 5.41) is 11.0. The van der Waals surface area contributed by atoms with Crippen LogP contribution in [-0.4, -0.2) is 49.4 Å². The van der Waals surface area contributed by atoms with Crippen molar-refractivity contribution in [3.63, 3.8) is 0 Å². The molecule has 1 aliphatic carbocycles. The molecule has 1 saturated heterocycles. The highest BCUT2D eigenvalue weighted by molar-refractivity contribution is 7.99. The molecule has 2 aromatic carbocycles. The van der Waals surface area contributed by atoms with Gasteiger partial charge in [0.15, 0.2) is 5.16 Å². The Morgan fingerprint density at radius 3 is 2.65 bits per heavy atom. The number of rotatable bonds is 7. The Balaban J connectivity index is 1.13. The van der Waals surface area contributed by atoms with Crippen molar-refractivity contribution < 1.29 is 4.79 Å². The quantitative estimate of drug-likeness (QED) is 0.329. The Kier molecular flexibility index (Phi) is 6.09. The van der Waals surface area contributed by atoms with Crippen molar-refractivity contribution in [2.24, 2.45) is 0 Å². The number of para-hydroxylation sites is 1. The van der Waals surface area contributed by atoms with Gasteiger partial charge in [0.05, 0.1) is 27.5 Å². The fraction of sp³-hybridized carbons (Fsp3) is 0.385. The Morgan fingerprint density at radius 1 is 1.00 bits per heavy atom. The van der Waals surface area contributed by atoms with Gasteiger partial charge in [0.1, 0.15) is 5.82 Å². The van der Waals surface area contributed by atoms with E-state index in [0.29, 0.717) is 17.6 Å². The van der Waals surface area contributed by atoms with E-state index >= 15 is 0 Å². The Labute approximate surface area is 207 Å². The molecule has 2 aliphatic rings. The Hall–Kier alpha value is -2.71. The molecule has 0 radical (unpaired) electrons. The summed E-state index contributed by atoms with van der Waals surface area (Å²) in [7, 11) is 0. The van der Waals surface area contributed by atoms with E-state index in [0.717, 1.165) is 54.0 Å². The third-order valence-electron chi connectivity index (χ3n) is 6.63. The van der Waals surface area contributed by atoms with Crippen LogP contribution in [0, 0.1) is 0 Å². The first-order valence-corrected chi connectivity index (χ1v) is 13.8. The molecule has 3 heterocycles. The van der Waals surface area contributed by atoms with Crippen molar-refractivity contribution in [3.8, 4) is 0 Å². The second-order valence-corrected chi connectivity index (χ2v) is 11.2. The van der Waals surface area contributed by atoms with Gasteiger partial charge in [-0.3, -0.25) is 4.79 Å². The Morgan fingerprint density at radius 2 is 1.82 bits per heavy atom. The van der Waals surface area contributed by atoms with Crippen molar-refractivity contribution in [2.75, 3.05) is 18.8 Å². The predicted molar refractivity (Wildman–Crippen MR) is 136 cm³/mol. The summed E-state index contributed by atoms with van der Waals surface area (Å²) in [4.78, 5) is 20.0. The molecule has 1 atom stereocenters. The average molecular weight is 490 g/mol. The van der Waals surface area contributed by atoms with Crippen LogP contribution in [0.25, 0.3) is 10.2 Å². The number of nitrogens with zero attached hydrogens (tertiary/aromatic N) is 5. The molecule has 1 amide bonds. The maximum Gasteiger partial charge on any atom is 0.233 e. The fourth-order valence-corrected chi connectivity index (χ4v) is 6.59. The lowest BCUT2D eigenvalue weighted by atomic mass is 9.99. The molecule has 1 saturated carbocycles. The zero-order valence-corrected chi connectivity index (χ0v) is 20.6. The molecule has 0 N–H and O–H groups in total. The highest BCUT2D eigenvalue weighted by Crippen LogP contribution is 2.40. The van der Waals surface area contributed by atoms with E-state index in [-0.39, 0.29) is 5.91 Å². The molecule has 2 fully saturated rings. The molecule has 34 heavy (non-hydrogen) atoms. The number of hydrogen-bond donors (Lipinski definition) is 0. The molecule has 4 aromatic rings. The second kappa shape index (κ2) is 9.50. The number of hydrogen-bond acceptors (Lipinski definition) is 6. The number of carbonyl (C=O) groups excluding carboxylic acids is 1. The van der Waals surface area contributed by atoms with Gasteiger partial charge in [0.25, 0.3) is 0 Å². The number of thioether (sulfide) groups is 1. The van der Waals surface area contributed by atoms with Gasteiger partial charge in [-0.15, -0.1) is 21.5 Å². The van der Waals surface area contributed by atoms with Crippen LogP contribution in [0.15, 0.2) is 59.8 Å². The molecule has 1 unspecified atom stereocenters. The highest BCUT2D eigenvalue weighted by atomic mass is 32.2. The summed E-state index contributed by atoms with van der Waals surface area (Å²) < 4.78 is 3.44. The van der Waals surface area contributed by atoms with Gasteiger partial charge in [-0.05, 0) is 43.4 Å². The molecule has 0 spiro atoms. The van der Waals surface area contributed by atoms with Gasteiger partial charge in [0.2, 0.25) is 5.91 Å². The van der Waals surface area contributed by atoms with E-state index in [1.165, 1.54) is 34.9 Å². The zero-order chi connectivity index (χ0) is 22.9. The fourth-order valence-electron chi connectivity index (χ4n) is 4.65. The van der Waals surface area contributed by atoms with E-state index < -0.39 is 0 Å². The molecular weight excluding hydrogens is 462 g/mol. The van der Waals surface area contributed by atoms with Gasteiger partial charge in [0, 0.05) is 24.9 Å². The lowest BCUT2D eigenvalue weighted by Gasteiger charge is -2.31. The standard InChI is InChI=1S/C26H27N5OS2/c32-23(30-14-6-9-20(16-30)25-27-21-10-4-5-11-22(21)34-25)17-33-26-29-28-24(19-12-13-19)31(26)15-18-7-2-1-3-8-18/h1-5,7-8,10-11,19-20H,6,9,12-17H2. The minimum absolute atomic E-state index is 0.179. The van der Waals surface area contributed by atoms with Crippen LogP contribution in [0.4, 0.5) is 0 Å². The summed E-state index contributed by atoms with van der Waals surface area (Å²) in [6, 6.07) is 18.7. The summed E-state index contributed by atoms with van der Waals surface area (Å²) >= 11 is 3.29. The number of amides is 1. The number of thiazole rings is 1. The van der Waals surface area contributed by atoms with Crippen LogP contribution >= 0.6 is 23.1 Å². The van der Waals surface area contributed by atoms with Crippen molar-refractivity contribution >= 4 is 39.2 Å². The SMILES string of the molecule is O=C(CSc1nnc(C2CC2)n1Cc1ccccc1)N1CCCC(c2nc3ccccc3s2)C1. The predicted octanol–water partition coefficient (Wildman–Crippen LogP) is 5.31. The van der Waals surface area contributed by atoms with Crippen molar-refractivity contribution in [1.29, 1.82) is 0 Å². The first-order chi connectivity index (χ1) is 16.7. The zero-order valence-electron chi connectivity index (χ0n) is 19.0. The largest absolute Gasteiger partial charge is 0.341 e. The lowest BCUT2D eigenvalue weighted by molar-refractivity contribution is -0.129. The summed E-state index contributed by atoms with van der Waals surface area (Å²) in [5.74, 6) is 2.47. The number of piperidine rings is 1. The number of aromatic nitrogens is 4. The van der Waals surface area contributed by atoms with Crippen molar-refractivity contribution in [2.45, 2.75) is 49.2 Å². The van der Waals surface area contributed by atoms with Gasteiger partial charge >= 0.3 is 0 Å². The first kappa shape index (κ1) is 21.8. The molecular formula is C26H27N5OS2. The highest BCUT2D eigenvalue weighted by Gasteiger charge is 2.31. The first-order valence-electron chi connectivity index (χ1n) is 12.0. The molecule has 6 nitrogen and oxygen atoms in total. The smallest absolute Gasteiger partial charge is 0.233 e. The molecule has 0 bridgehead atoms. The maximum absolute atomic E-state index is 13.2. The Bertz CT molecular complexity index is 1260. The third kappa shape index (κ3) is 4.61. The van der Waals surface area contributed by atoms with Gasteiger partial charge in [-0.2, -0.15) is 0 Å². The van der Waals surface area contributed by atoms with Crippen LogP contribution in [0.1, 0.15) is 53.9 Å². The number of fused-ring (bicyclic) bond motifs is 1. The summed E-state index contributed by atoms with van der Waals surface area (Å²) in [5.41, 5.74) is 2.29. The molecule has 6 rings (SSSR count). The maximum atomic E-state index is 13.2. The van der Waals surface area contributed by atoms with Gasteiger partial charge in [-0.1, -0.05) is 54.2 Å². The monoisotopic (exact) mass is 489 g/mol. The minimum Gasteiger partial charge on any atom is -0.341 e. The van der Waals surface area contributed by atoms with Crippen LogP contribution in [0.2, 0.25) is 0 Å². The van der Waals surface area contributed by atoms with E-state index in [1.54, 1.807) is 11.3 Å². The van der Waals surface area contributed by atoms with Gasteiger partial charge in [-0.25, -0.2) is 4.98 Å². The van der Waals surface area contributed by atoms with Gasteiger partial charge < -0.3 is 9.47 Å². The topological polar surface area (TPSA) is 63.9 Å². The molecule has 2 aromatic heterocycles. The van der Waals surface area contributed by atoms with Crippen LogP contribution in [0.3, 0.4) is 0 Å². The van der Waals surface area contributed by atoms with E-state index in [1.807, 2.05) is 17.0 Å². The summed E-state index contributed by atoms with van der Waals surface area (Å²) in [6.45, 7) is 2.33. The van der Waals surface area contributed by atoms with Crippen LogP contribution in [0.5, 0.6) is 0 Å². The second-order valence-electron chi connectivity index (χ2n) is 9.17. The molecule has 8 heteroatoms. The van der Waals surface area contributed by atoms with Crippen molar-refractivity contribution in [3.05, 3.63) is 71.0 Å². The average Bonchev–Trinajstić information content (AvgIpc) is 3.50. The van der Waals surface area contributed by atoms with E-state index in [9.17, 15) is 4.79 Å². The van der Waals surface area contributed by atoms with Crippen molar-refractivity contribution in [1.82, 2.24) is 24.6 Å². The molecule has 174 valence electrons. The number of likely N-dealkylation sites (tertiary alicyclic amines) is 1. The summed E-state index contributed by atoms with van der Waals surface area (Å²) in [6.07, 6.45) is 4.47. The van der Waals surface area contributed by atoms with Crippen LogP contribution in [-0.2, 0) is 11.3 Å². The van der Waals surface area contributed by atoms with Crippen LogP contribution < -0.4 is 0 Å². The third-order valence-corrected chi connectivity index (χ3v) is 8.78. The van der Waals surface area contributed by atoms with E-state index in [4.69, 9.17) is 4.98 Å². The number of carbonyl (C=O) groups is 1. The number of benzene rings is 2. The lowest BCUT2D eigenvalue weighted by Crippen LogP contribution is -2.40. The minimum atomic E-state index is 0.179. The molecule has 1 aliphatic heterocycles. The normalized spacial score (nSPS) is 18.5. The van der Waals surface area contributed by atoms with E-state index in [2.05, 4.69) is 57.2 Å².